The lowest BCUT2D eigenvalue weighted by Gasteiger charge is -2.22. The van der Waals surface area contributed by atoms with Gasteiger partial charge in [0.05, 0.1) is 6.42 Å². The van der Waals surface area contributed by atoms with Crippen molar-refractivity contribution in [1.82, 2.24) is 0 Å². The molecule has 0 amide bonds. The molecule has 0 spiro atoms. The van der Waals surface area contributed by atoms with Crippen molar-refractivity contribution in [2.45, 2.75) is 77.2 Å². The highest BCUT2D eigenvalue weighted by Crippen LogP contribution is 2.28. The molecule has 0 aromatic heterocycles. The summed E-state index contributed by atoms with van der Waals surface area (Å²) in [7, 11) is 0. The maximum absolute atomic E-state index is 10.5. The second-order valence-electron chi connectivity index (χ2n) is 6.13. The van der Waals surface area contributed by atoms with Crippen LogP contribution in [-0.2, 0) is 4.79 Å². The summed E-state index contributed by atoms with van der Waals surface area (Å²) in [4.78, 5) is 10.5. The fourth-order valence-electron chi connectivity index (χ4n) is 3.17. The molecule has 3 nitrogen and oxygen atoms in total. The highest BCUT2D eigenvalue weighted by Gasteiger charge is 2.15. The molecule has 0 saturated heterocycles. The minimum atomic E-state index is -0.781. The molecular formula is C15H29NO2. The zero-order chi connectivity index (χ0) is 13.4. The number of hydrogen-bond acceptors (Lipinski definition) is 2. The van der Waals surface area contributed by atoms with Crippen LogP contribution in [0.3, 0.4) is 0 Å². The van der Waals surface area contributed by atoms with Crippen LogP contribution in [0.15, 0.2) is 0 Å². The average Bonchev–Trinajstić information content (AvgIpc) is 2.29. The molecule has 1 aliphatic rings. The predicted molar refractivity (Wildman–Crippen MR) is 74.4 cm³/mol. The molecule has 3 heteroatoms. The van der Waals surface area contributed by atoms with E-state index in [-0.39, 0.29) is 12.5 Å². The summed E-state index contributed by atoms with van der Waals surface area (Å²) in [6, 6.07) is -0.174. The minimum absolute atomic E-state index is 0.104. The van der Waals surface area contributed by atoms with E-state index >= 15 is 0 Å². The first kappa shape index (κ1) is 15.5. The maximum Gasteiger partial charge on any atom is 0.304 e. The number of carboxylic acid groups (broad SMARTS) is 1. The number of aliphatic carboxylic acids is 1. The van der Waals surface area contributed by atoms with Gasteiger partial charge < -0.3 is 10.8 Å². The van der Waals surface area contributed by atoms with Crippen LogP contribution in [0.2, 0.25) is 0 Å². The monoisotopic (exact) mass is 255 g/mol. The molecule has 2 unspecified atom stereocenters. The van der Waals surface area contributed by atoms with Crippen molar-refractivity contribution in [3.63, 3.8) is 0 Å². The molecule has 0 radical (unpaired) electrons. The summed E-state index contributed by atoms with van der Waals surface area (Å²) >= 11 is 0. The van der Waals surface area contributed by atoms with E-state index in [4.69, 9.17) is 10.8 Å². The fraction of sp³-hybridized carbons (Fsp3) is 0.933. The first-order valence-electron chi connectivity index (χ1n) is 7.55. The standard InChI is InChI=1S/C15H29NO2/c1-12(10-14(16)11-15(17)18)6-5-9-13-7-3-2-4-8-13/h12-14H,2-11,16H2,1H3,(H,17,18). The zero-order valence-corrected chi connectivity index (χ0v) is 11.7. The van der Waals surface area contributed by atoms with Crippen LogP contribution in [0.5, 0.6) is 0 Å². The fourth-order valence-corrected chi connectivity index (χ4v) is 3.17. The van der Waals surface area contributed by atoms with Gasteiger partial charge in [-0.15, -0.1) is 0 Å². The predicted octanol–water partition coefficient (Wildman–Crippen LogP) is 3.57. The second kappa shape index (κ2) is 8.52. The second-order valence-corrected chi connectivity index (χ2v) is 6.13. The van der Waals surface area contributed by atoms with E-state index in [1.807, 2.05) is 0 Å². The van der Waals surface area contributed by atoms with Gasteiger partial charge in [0.15, 0.2) is 0 Å². The van der Waals surface area contributed by atoms with Crippen molar-refractivity contribution in [3.05, 3.63) is 0 Å². The Hall–Kier alpha value is -0.570. The van der Waals surface area contributed by atoms with Gasteiger partial charge in [-0.25, -0.2) is 0 Å². The van der Waals surface area contributed by atoms with Crippen molar-refractivity contribution in [2.75, 3.05) is 0 Å². The molecule has 106 valence electrons. The molecule has 1 saturated carbocycles. The minimum Gasteiger partial charge on any atom is -0.481 e. The summed E-state index contributed by atoms with van der Waals surface area (Å²) < 4.78 is 0. The van der Waals surface area contributed by atoms with Gasteiger partial charge in [0.1, 0.15) is 0 Å². The topological polar surface area (TPSA) is 63.3 Å². The molecule has 0 aromatic carbocycles. The van der Waals surface area contributed by atoms with Gasteiger partial charge in [0.2, 0.25) is 0 Å². The first-order chi connectivity index (χ1) is 8.58. The third kappa shape index (κ3) is 7.00. The summed E-state index contributed by atoms with van der Waals surface area (Å²) in [6.07, 6.45) is 11.9. The van der Waals surface area contributed by atoms with Gasteiger partial charge in [-0.3, -0.25) is 4.79 Å². The van der Waals surface area contributed by atoms with E-state index in [1.54, 1.807) is 0 Å². The van der Waals surface area contributed by atoms with Gasteiger partial charge in [0, 0.05) is 6.04 Å². The Kier molecular flexibility index (Phi) is 7.33. The van der Waals surface area contributed by atoms with E-state index in [2.05, 4.69) is 6.92 Å². The van der Waals surface area contributed by atoms with E-state index in [0.29, 0.717) is 5.92 Å². The highest BCUT2D eigenvalue weighted by molar-refractivity contribution is 5.67. The molecule has 0 heterocycles. The maximum atomic E-state index is 10.5. The van der Waals surface area contributed by atoms with Gasteiger partial charge in [0.25, 0.3) is 0 Å². The Labute approximate surface area is 111 Å². The molecule has 0 aliphatic heterocycles. The highest BCUT2D eigenvalue weighted by atomic mass is 16.4. The van der Waals surface area contributed by atoms with Crippen molar-refractivity contribution in [2.24, 2.45) is 17.6 Å². The van der Waals surface area contributed by atoms with Crippen molar-refractivity contribution >= 4 is 5.97 Å². The number of hydrogen-bond donors (Lipinski definition) is 2. The van der Waals surface area contributed by atoms with Crippen molar-refractivity contribution < 1.29 is 9.90 Å². The molecule has 1 aliphatic carbocycles. The lowest BCUT2D eigenvalue weighted by molar-refractivity contribution is -0.137. The molecule has 1 fully saturated rings. The number of carboxylic acids is 1. The number of rotatable bonds is 8. The van der Waals surface area contributed by atoms with Crippen LogP contribution in [0.25, 0.3) is 0 Å². The van der Waals surface area contributed by atoms with Crippen LogP contribution >= 0.6 is 0 Å². The normalized spacial score (nSPS) is 20.6. The van der Waals surface area contributed by atoms with E-state index in [1.165, 1.54) is 51.4 Å². The molecule has 2 atom stereocenters. The quantitative estimate of drug-likeness (QED) is 0.697. The molecule has 0 aromatic rings. The SMILES string of the molecule is CC(CCCC1CCCCC1)CC(N)CC(=O)O. The van der Waals surface area contributed by atoms with E-state index in [0.717, 1.165) is 12.3 Å². The Morgan fingerprint density at radius 2 is 2.00 bits per heavy atom. The summed E-state index contributed by atoms with van der Waals surface area (Å²) in [5.41, 5.74) is 5.81. The Morgan fingerprint density at radius 1 is 1.33 bits per heavy atom. The summed E-state index contributed by atoms with van der Waals surface area (Å²) in [5, 5.41) is 8.66. The number of nitrogens with two attached hydrogens (primary N) is 1. The summed E-state index contributed by atoms with van der Waals surface area (Å²) in [6.45, 7) is 2.20. The van der Waals surface area contributed by atoms with Crippen LogP contribution in [0.4, 0.5) is 0 Å². The van der Waals surface area contributed by atoms with Gasteiger partial charge >= 0.3 is 5.97 Å². The van der Waals surface area contributed by atoms with E-state index < -0.39 is 5.97 Å². The number of carbonyl (C=O) groups is 1. The third-order valence-electron chi connectivity index (χ3n) is 4.18. The smallest absolute Gasteiger partial charge is 0.304 e. The molecule has 1 rings (SSSR count). The van der Waals surface area contributed by atoms with Crippen molar-refractivity contribution in [1.29, 1.82) is 0 Å². The van der Waals surface area contributed by atoms with Crippen LogP contribution in [0.1, 0.15) is 71.1 Å². The Morgan fingerprint density at radius 3 is 2.61 bits per heavy atom. The Balaban J connectivity index is 2.05. The van der Waals surface area contributed by atoms with Crippen molar-refractivity contribution in [3.8, 4) is 0 Å². The molecule has 0 bridgehead atoms. The van der Waals surface area contributed by atoms with Gasteiger partial charge in [-0.1, -0.05) is 58.3 Å². The molecule has 3 N–H and O–H groups in total. The Bertz CT molecular complexity index is 237. The third-order valence-corrected chi connectivity index (χ3v) is 4.18. The largest absolute Gasteiger partial charge is 0.481 e. The molecule has 18 heavy (non-hydrogen) atoms. The van der Waals surface area contributed by atoms with Gasteiger partial charge in [-0.05, 0) is 18.3 Å². The van der Waals surface area contributed by atoms with Gasteiger partial charge in [-0.2, -0.15) is 0 Å². The lowest BCUT2D eigenvalue weighted by Crippen LogP contribution is -2.26. The average molecular weight is 255 g/mol. The zero-order valence-electron chi connectivity index (χ0n) is 11.7. The van der Waals surface area contributed by atoms with Crippen LogP contribution in [-0.4, -0.2) is 17.1 Å². The molecular weight excluding hydrogens is 226 g/mol. The van der Waals surface area contributed by atoms with Crippen LogP contribution < -0.4 is 5.73 Å². The van der Waals surface area contributed by atoms with E-state index in [9.17, 15) is 4.79 Å². The first-order valence-corrected chi connectivity index (χ1v) is 7.55. The van der Waals surface area contributed by atoms with Crippen LogP contribution in [0, 0.1) is 11.8 Å². The summed E-state index contributed by atoms with van der Waals surface area (Å²) in [5.74, 6) is 0.735. The lowest BCUT2D eigenvalue weighted by atomic mass is 9.84.